The molecular weight excluding hydrogens is 476 g/mol. The number of rotatable bonds is 6. The first-order valence-electron chi connectivity index (χ1n) is 13.8. The van der Waals surface area contributed by atoms with Gasteiger partial charge >= 0.3 is 0 Å². The lowest BCUT2D eigenvalue weighted by Crippen LogP contribution is -2.50. The average molecular weight is 513 g/mol. The number of pyridine rings is 1. The number of carbonyl (C=O) groups excluding carboxylic acids is 3. The molecule has 2 amide bonds. The zero-order valence-corrected chi connectivity index (χ0v) is 22.2. The van der Waals surface area contributed by atoms with Gasteiger partial charge in [0.15, 0.2) is 5.78 Å². The molecular formula is C31H36N4O3. The second-order valence-electron chi connectivity index (χ2n) is 10.6. The van der Waals surface area contributed by atoms with E-state index in [2.05, 4.69) is 58.9 Å². The molecule has 1 aliphatic heterocycles. The van der Waals surface area contributed by atoms with Gasteiger partial charge in [-0.25, -0.2) is 4.98 Å². The molecule has 1 aliphatic carbocycles. The number of nitrogens with one attached hydrogen (secondary N) is 2. The van der Waals surface area contributed by atoms with Crippen LogP contribution >= 0.6 is 0 Å². The van der Waals surface area contributed by atoms with E-state index in [0.717, 1.165) is 27.8 Å². The summed E-state index contributed by atoms with van der Waals surface area (Å²) >= 11 is 0. The Kier molecular flexibility index (Phi) is 7.72. The third-order valence-electron chi connectivity index (χ3n) is 7.89. The van der Waals surface area contributed by atoms with E-state index >= 15 is 0 Å². The molecule has 1 saturated heterocycles. The Morgan fingerprint density at radius 3 is 2.47 bits per heavy atom. The van der Waals surface area contributed by atoms with Crippen molar-refractivity contribution >= 4 is 34.3 Å². The molecule has 38 heavy (non-hydrogen) atoms. The minimum absolute atomic E-state index is 0.0273. The van der Waals surface area contributed by atoms with Crippen LogP contribution in [0.3, 0.4) is 0 Å². The van der Waals surface area contributed by atoms with E-state index in [0.29, 0.717) is 51.7 Å². The molecule has 1 aromatic heterocycles. The summed E-state index contributed by atoms with van der Waals surface area (Å²) in [6.07, 6.45) is 2.65. The Morgan fingerprint density at radius 1 is 0.974 bits per heavy atom. The van der Waals surface area contributed by atoms with Gasteiger partial charge in [0.1, 0.15) is 5.82 Å². The number of amides is 2. The first-order chi connectivity index (χ1) is 18.4. The van der Waals surface area contributed by atoms with Crippen molar-refractivity contribution in [1.29, 1.82) is 0 Å². The van der Waals surface area contributed by atoms with Crippen LogP contribution in [0, 0.1) is 18.8 Å². The quantitative estimate of drug-likeness (QED) is 0.510. The van der Waals surface area contributed by atoms with Gasteiger partial charge in [-0.3, -0.25) is 14.4 Å². The van der Waals surface area contributed by atoms with E-state index in [1.165, 1.54) is 5.56 Å². The van der Waals surface area contributed by atoms with Gasteiger partial charge in [-0.15, -0.1) is 0 Å². The van der Waals surface area contributed by atoms with Gasteiger partial charge < -0.3 is 15.5 Å². The van der Waals surface area contributed by atoms with E-state index in [1.54, 1.807) is 0 Å². The summed E-state index contributed by atoms with van der Waals surface area (Å²) in [6.45, 7) is 5.96. The molecule has 0 unspecified atom stereocenters. The highest BCUT2D eigenvalue weighted by Gasteiger charge is 2.35. The number of ketones is 1. The van der Waals surface area contributed by atoms with Crippen LogP contribution in [0.2, 0.25) is 0 Å². The standard InChI is InChI=1S/C31H36N4O3/c1-3-32-30(37)23-10-12-28(36)27(19-23)34-31(38)22-13-15-35(16-14-22)29-25(21-7-5-4-6-8-21)18-24-17-20(2)9-11-26(24)33-29/h4-9,11,17-18,22-23,27H,3,10,12-16,19H2,1-2H3,(H,32,37)(H,34,38)/t23-,27+/m0/s1. The highest BCUT2D eigenvalue weighted by Crippen LogP contribution is 2.35. The largest absolute Gasteiger partial charge is 0.356 e. The minimum atomic E-state index is -0.572. The maximum atomic E-state index is 13.2. The zero-order chi connectivity index (χ0) is 26.6. The molecule has 3 aromatic rings. The second kappa shape index (κ2) is 11.3. The zero-order valence-electron chi connectivity index (χ0n) is 22.2. The Labute approximate surface area is 224 Å². The number of carbonyl (C=O) groups is 3. The number of hydrogen-bond acceptors (Lipinski definition) is 5. The molecule has 7 heteroatoms. The van der Waals surface area contributed by atoms with E-state index in [9.17, 15) is 14.4 Å². The summed E-state index contributed by atoms with van der Waals surface area (Å²) in [7, 11) is 0. The number of aryl methyl sites for hydroxylation is 1. The van der Waals surface area contributed by atoms with Crippen LogP contribution in [0.1, 0.15) is 44.6 Å². The van der Waals surface area contributed by atoms with Crippen LogP contribution < -0.4 is 15.5 Å². The number of fused-ring (bicyclic) bond motifs is 1. The molecule has 2 aliphatic rings. The summed E-state index contributed by atoms with van der Waals surface area (Å²) < 4.78 is 0. The summed E-state index contributed by atoms with van der Waals surface area (Å²) in [6, 6.07) is 18.3. The lowest BCUT2D eigenvalue weighted by Gasteiger charge is -2.35. The highest BCUT2D eigenvalue weighted by atomic mass is 16.2. The fraction of sp³-hybridized carbons (Fsp3) is 0.419. The maximum absolute atomic E-state index is 13.2. The Morgan fingerprint density at radius 2 is 1.74 bits per heavy atom. The van der Waals surface area contributed by atoms with Gasteiger partial charge in [0.25, 0.3) is 0 Å². The van der Waals surface area contributed by atoms with Gasteiger partial charge in [-0.1, -0.05) is 42.0 Å². The number of aromatic nitrogens is 1. The van der Waals surface area contributed by atoms with Crippen LogP contribution in [-0.4, -0.2) is 48.3 Å². The van der Waals surface area contributed by atoms with Crippen LogP contribution in [0.15, 0.2) is 54.6 Å². The van der Waals surface area contributed by atoms with E-state index in [1.807, 2.05) is 25.1 Å². The number of Topliss-reactive ketones (excluding diaryl/α,β-unsaturated/α-hetero) is 1. The Balaban J connectivity index is 1.29. The van der Waals surface area contributed by atoms with Gasteiger partial charge in [-0.05, 0) is 63.3 Å². The van der Waals surface area contributed by atoms with Gasteiger partial charge in [0.2, 0.25) is 11.8 Å². The second-order valence-corrected chi connectivity index (χ2v) is 10.6. The maximum Gasteiger partial charge on any atom is 0.223 e. The van der Waals surface area contributed by atoms with Crippen LogP contribution in [0.4, 0.5) is 5.82 Å². The molecule has 2 heterocycles. The van der Waals surface area contributed by atoms with Gasteiger partial charge in [-0.2, -0.15) is 0 Å². The van der Waals surface area contributed by atoms with Crippen molar-refractivity contribution in [2.45, 2.75) is 52.0 Å². The number of anilines is 1. The van der Waals surface area contributed by atoms with Gasteiger partial charge in [0.05, 0.1) is 11.6 Å². The summed E-state index contributed by atoms with van der Waals surface area (Å²) in [5.41, 5.74) is 4.38. The molecule has 2 aromatic carbocycles. The van der Waals surface area contributed by atoms with Crippen LogP contribution in [0.5, 0.6) is 0 Å². The summed E-state index contributed by atoms with van der Waals surface area (Å²) in [5, 5.41) is 6.94. The first-order valence-corrected chi connectivity index (χ1v) is 13.8. The molecule has 1 saturated carbocycles. The SMILES string of the molecule is CCNC(=O)[C@H]1CCC(=O)[C@H](NC(=O)C2CCN(c3nc4ccc(C)cc4cc3-c3ccccc3)CC2)C1. The van der Waals surface area contributed by atoms with Crippen molar-refractivity contribution in [3.63, 3.8) is 0 Å². The minimum Gasteiger partial charge on any atom is -0.356 e. The molecule has 0 spiro atoms. The third kappa shape index (κ3) is 5.57. The molecule has 198 valence electrons. The molecule has 2 fully saturated rings. The summed E-state index contributed by atoms with van der Waals surface area (Å²) in [4.78, 5) is 45.3. The van der Waals surface area contributed by atoms with Crippen molar-refractivity contribution in [3.8, 4) is 11.1 Å². The van der Waals surface area contributed by atoms with Crippen molar-refractivity contribution in [2.24, 2.45) is 11.8 Å². The van der Waals surface area contributed by atoms with Crippen LogP contribution in [-0.2, 0) is 14.4 Å². The summed E-state index contributed by atoms with van der Waals surface area (Å²) in [5.74, 6) is 0.480. The fourth-order valence-electron chi connectivity index (χ4n) is 5.72. The molecule has 0 radical (unpaired) electrons. The lowest BCUT2D eigenvalue weighted by molar-refractivity contribution is -0.134. The van der Waals surface area contributed by atoms with Crippen molar-refractivity contribution in [3.05, 3.63) is 60.2 Å². The third-order valence-corrected chi connectivity index (χ3v) is 7.89. The predicted octanol–water partition coefficient (Wildman–Crippen LogP) is 4.42. The average Bonchev–Trinajstić information content (AvgIpc) is 2.94. The first kappa shape index (κ1) is 25.9. The fourth-order valence-corrected chi connectivity index (χ4v) is 5.72. The molecule has 7 nitrogen and oxygen atoms in total. The molecule has 5 rings (SSSR count). The lowest BCUT2D eigenvalue weighted by atomic mass is 9.83. The van der Waals surface area contributed by atoms with Crippen molar-refractivity contribution in [2.75, 3.05) is 24.5 Å². The van der Waals surface area contributed by atoms with E-state index < -0.39 is 6.04 Å². The Bertz CT molecular complexity index is 1330. The number of hydrogen-bond donors (Lipinski definition) is 2. The molecule has 2 N–H and O–H groups in total. The van der Waals surface area contributed by atoms with Crippen molar-refractivity contribution < 1.29 is 14.4 Å². The molecule has 0 bridgehead atoms. The number of benzene rings is 2. The van der Waals surface area contributed by atoms with Gasteiger partial charge in [0, 0.05) is 48.8 Å². The van der Waals surface area contributed by atoms with Crippen molar-refractivity contribution in [1.82, 2.24) is 15.6 Å². The highest BCUT2D eigenvalue weighted by molar-refractivity contribution is 5.93. The topological polar surface area (TPSA) is 91.4 Å². The predicted molar refractivity (Wildman–Crippen MR) is 150 cm³/mol. The number of nitrogens with zero attached hydrogens (tertiary/aromatic N) is 2. The molecule has 2 atom stereocenters. The Hall–Kier alpha value is -3.74. The van der Waals surface area contributed by atoms with E-state index in [4.69, 9.17) is 4.98 Å². The normalized spacial score (nSPS) is 20.4. The smallest absolute Gasteiger partial charge is 0.223 e. The van der Waals surface area contributed by atoms with E-state index in [-0.39, 0.29) is 29.4 Å². The van der Waals surface area contributed by atoms with Crippen LogP contribution in [0.25, 0.3) is 22.0 Å². The number of piperidine rings is 1. The monoisotopic (exact) mass is 512 g/mol.